The summed E-state index contributed by atoms with van der Waals surface area (Å²) in [4.78, 5) is 15.0. The Hall–Kier alpha value is -2.28. The smallest absolute Gasteiger partial charge is 0.270 e. The third-order valence-electron chi connectivity index (χ3n) is 5.52. The summed E-state index contributed by atoms with van der Waals surface area (Å²) in [6.07, 6.45) is 6.57. The molecule has 2 aliphatic rings. The SMILES string of the molecule is Cn1cc(S(=O)(=O)N2CCc3ccccc32)cc1C(=O)N1CCCCCC1. The highest BCUT2D eigenvalue weighted by Crippen LogP contribution is 2.33. The molecule has 1 saturated heterocycles. The van der Waals surface area contributed by atoms with Crippen molar-refractivity contribution in [2.24, 2.45) is 7.05 Å². The highest BCUT2D eigenvalue weighted by atomic mass is 32.2. The average Bonchev–Trinajstić information content (AvgIpc) is 3.16. The summed E-state index contributed by atoms with van der Waals surface area (Å²) >= 11 is 0. The van der Waals surface area contributed by atoms with Crippen LogP contribution in [0, 0.1) is 0 Å². The van der Waals surface area contributed by atoms with Gasteiger partial charge in [-0.15, -0.1) is 0 Å². The Bertz CT molecular complexity index is 957. The third-order valence-corrected chi connectivity index (χ3v) is 7.30. The van der Waals surface area contributed by atoms with Gasteiger partial charge in [-0.3, -0.25) is 9.10 Å². The van der Waals surface area contributed by atoms with Crippen molar-refractivity contribution < 1.29 is 13.2 Å². The monoisotopic (exact) mass is 387 g/mol. The number of rotatable bonds is 3. The Kier molecular flexibility index (Phi) is 4.72. The predicted octanol–water partition coefficient (Wildman–Crippen LogP) is 2.79. The number of aryl methyl sites for hydroxylation is 1. The first-order chi connectivity index (χ1) is 13.0. The minimum absolute atomic E-state index is 0.0809. The number of amides is 1. The summed E-state index contributed by atoms with van der Waals surface area (Å²) in [5.74, 6) is -0.0809. The lowest BCUT2D eigenvalue weighted by Crippen LogP contribution is -2.33. The fourth-order valence-corrected chi connectivity index (χ4v) is 5.58. The van der Waals surface area contributed by atoms with Crippen LogP contribution in [0.15, 0.2) is 41.4 Å². The van der Waals surface area contributed by atoms with Gasteiger partial charge in [-0.25, -0.2) is 8.42 Å². The van der Waals surface area contributed by atoms with Crippen LogP contribution in [0.4, 0.5) is 5.69 Å². The van der Waals surface area contributed by atoms with Crippen LogP contribution >= 0.6 is 0 Å². The zero-order valence-corrected chi connectivity index (χ0v) is 16.4. The molecule has 0 N–H and O–H groups in total. The fourth-order valence-electron chi connectivity index (χ4n) is 4.01. The van der Waals surface area contributed by atoms with Gasteiger partial charge in [0.15, 0.2) is 0 Å². The Labute approximate surface area is 160 Å². The van der Waals surface area contributed by atoms with E-state index in [0.717, 1.165) is 50.0 Å². The highest BCUT2D eigenvalue weighted by Gasteiger charge is 2.32. The van der Waals surface area contributed by atoms with Crippen molar-refractivity contribution in [3.63, 3.8) is 0 Å². The molecule has 0 aliphatic carbocycles. The zero-order chi connectivity index (χ0) is 19.0. The maximum atomic E-state index is 13.2. The van der Waals surface area contributed by atoms with Crippen molar-refractivity contribution in [3.05, 3.63) is 47.8 Å². The summed E-state index contributed by atoms with van der Waals surface area (Å²) in [7, 11) is -1.95. The molecule has 0 saturated carbocycles. The summed E-state index contributed by atoms with van der Waals surface area (Å²) < 4.78 is 29.5. The average molecular weight is 388 g/mol. The van der Waals surface area contributed by atoms with E-state index in [9.17, 15) is 13.2 Å². The first-order valence-corrected chi connectivity index (χ1v) is 11.0. The second kappa shape index (κ2) is 7.03. The first kappa shape index (κ1) is 18.1. The van der Waals surface area contributed by atoms with E-state index >= 15 is 0 Å². The van der Waals surface area contributed by atoms with Gasteiger partial charge in [0.05, 0.1) is 5.69 Å². The number of carbonyl (C=O) groups excluding carboxylic acids is 1. The summed E-state index contributed by atoms with van der Waals surface area (Å²) in [6, 6.07) is 9.11. The molecule has 0 atom stereocenters. The molecule has 1 aromatic carbocycles. The molecule has 7 heteroatoms. The van der Waals surface area contributed by atoms with Crippen molar-refractivity contribution in [1.82, 2.24) is 9.47 Å². The van der Waals surface area contributed by atoms with Crippen LogP contribution in [0.2, 0.25) is 0 Å². The van der Waals surface area contributed by atoms with Gasteiger partial charge >= 0.3 is 0 Å². The number of sulfonamides is 1. The van der Waals surface area contributed by atoms with E-state index in [0.29, 0.717) is 18.7 Å². The van der Waals surface area contributed by atoms with Crippen molar-refractivity contribution in [2.45, 2.75) is 37.0 Å². The number of para-hydroxylation sites is 1. The zero-order valence-electron chi connectivity index (χ0n) is 15.6. The highest BCUT2D eigenvalue weighted by molar-refractivity contribution is 7.92. The third kappa shape index (κ3) is 3.25. The molecule has 1 amide bonds. The molecule has 3 heterocycles. The fraction of sp³-hybridized carbons (Fsp3) is 0.450. The van der Waals surface area contributed by atoms with E-state index in [1.807, 2.05) is 29.2 Å². The first-order valence-electron chi connectivity index (χ1n) is 9.55. The molecule has 2 aliphatic heterocycles. The van der Waals surface area contributed by atoms with Crippen LogP contribution in [-0.4, -0.2) is 43.4 Å². The van der Waals surface area contributed by atoms with Crippen LogP contribution < -0.4 is 4.31 Å². The molecule has 4 rings (SSSR count). The van der Waals surface area contributed by atoms with E-state index in [1.165, 1.54) is 10.4 Å². The molecular weight excluding hydrogens is 362 g/mol. The van der Waals surface area contributed by atoms with E-state index in [2.05, 4.69) is 0 Å². The van der Waals surface area contributed by atoms with Gasteiger partial charge in [0, 0.05) is 32.9 Å². The Morgan fingerprint density at radius 3 is 2.44 bits per heavy atom. The van der Waals surface area contributed by atoms with Crippen molar-refractivity contribution >= 4 is 21.6 Å². The maximum absolute atomic E-state index is 13.2. The minimum Gasteiger partial charge on any atom is -0.345 e. The lowest BCUT2D eigenvalue weighted by Gasteiger charge is -2.20. The lowest BCUT2D eigenvalue weighted by atomic mass is 10.2. The molecule has 1 fully saturated rings. The normalized spacial score (nSPS) is 17.7. The van der Waals surface area contributed by atoms with Gasteiger partial charge in [-0.2, -0.15) is 0 Å². The standard InChI is InChI=1S/C20H25N3O3S/c1-21-15-17(14-19(21)20(24)22-11-6-2-3-7-12-22)27(25,26)23-13-10-16-8-4-5-9-18(16)23/h4-5,8-9,14-15H,2-3,6-7,10-13H2,1H3. The topological polar surface area (TPSA) is 62.6 Å². The second-order valence-electron chi connectivity index (χ2n) is 7.33. The van der Waals surface area contributed by atoms with Crippen molar-refractivity contribution in [3.8, 4) is 0 Å². The number of likely N-dealkylation sites (tertiary alicyclic amines) is 1. The van der Waals surface area contributed by atoms with E-state index < -0.39 is 10.0 Å². The number of nitrogens with zero attached hydrogens (tertiary/aromatic N) is 3. The number of benzene rings is 1. The summed E-state index contributed by atoms with van der Waals surface area (Å²) in [5, 5.41) is 0. The van der Waals surface area contributed by atoms with Crippen molar-refractivity contribution in [1.29, 1.82) is 0 Å². The number of aromatic nitrogens is 1. The summed E-state index contributed by atoms with van der Waals surface area (Å²) in [5.41, 5.74) is 2.21. The lowest BCUT2D eigenvalue weighted by molar-refractivity contribution is 0.0752. The van der Waals surface area contributed by atoms with Gasteiger partial charge in [0.2, 0.25) is 0 Å². The molecule has 0 spiro atoms. The van der Waals surface area contributed by atoms with E-state index in [4.69, 9.17) is 0 Å². The van der Waals surface area contributed by atoms with E-state index in [1.54, 1.807) is 17.8 Å². The number of carbonyl (C=O) groups is 1. The maximum Gasteiger partial charge on any atom is 0.270 e. The Morgan fingerprint density at radius 1 is 1.00 bits per heavy atom. The second-order valence-corrected chi connectivity index (χ2v) is 9.20. The van der Waals surface area contributed by atoms with E-state index in [-0.39, 0.29) is 10.8 Å². The molecular formula is C20H25N3O3S. The summed E-state index contributed by atoms with van der Waals surface area (Å²) in [6.45, 7) is 1.92. The Balaban J connectivity index is 1.64. The molecule has 0 unspecified atom stereocenters. The molecule has 1 aromatic heterocycles. The molecule has 6 nitrogen and oxygen atoms in total. The molecule has 144 valence electrons. The molecule has 0 radical (unpaired) electrons. The molecule has 2 aromatic rings. The van der Waals surface area contributed by atoms with Crippen LogP contribution in [0.3, 0.4) is 0 Å². The van der Waals surface area contributed by atoms with Crippen LogP contribution in [-0.2, 0) is 23.5 Å². The van der Waals surface area contributed by atoms with Gasteiger partial charge < -0.3 is 9.47 Å². The van der Waals surface area contributed by atoms with Crippen LogP contribution in [0.25, 0.3) is 0 Å². The Morgan fingerprint density at radius 2 is 1.70 bits per heavy atom. The van der Waals surface area contributed by atoms with Gasteiger partial charge in [-0.1, -0.05) is 31.0 Å². The van der Waals surface area contributed by atoms with Crippen molar-refractivity contribution in [2.75, 3.05) is 23.9 Å². The number of anilines is 1. The molecule has 0 bridgehead atoms. The van der Waals surface area contributed by atoms with Crippen LogP contribution in [0.1, 0.15) is 41.7 Å². The number of hydrogen-bond donors (Lipinski definition) is 0. The van der Waals surface area contributed by atoms with Gasteiger partial charge in [0.25, 0.3) is 15.9 Å². The number of hydrogen-bond acceptors (Lipinski definition) is 3. The van der Waals surface area contributed by atoms with Crippen LogP contribution in [0.5, 0.6) is 0 Å². The minimum atomic E-state index is -3.68. The number of fused-ring (bicyclic) bond motifs is 1. The quantitative estimate of drug-likeness (QED) is 0.814. The van der Waals surface area contributed by atoms with Gasteiger partial charge in [0.1, 0.15) is 10.6 Å². The van der Waals surface area contributed by atoms with Gasteiger partial charge in [-0.05, 0) is 37.0 Å². The predicted molar refractivity (Wildman–Crippen MR) is 104 cm³/mol. The largest absolute Gasteiger partial charge is 0.345 e. The molecule has 27 heavy (non-hydrogen) atoms.